The van der Waals surface area contributed by atoms with Crippen molar-refractivity contribution >= 4 is 11.6 Å². The lowest BCUT2D eigenvalue weighted by Crippen LogP contribution is -2.36. The van der Waals surface area contributed by atoms with Crippen molar-refractivity contribution in [1.82, 2.24) is 19.9 Å². The zero-order valence-corrected chi connectivity index (χ0v) is 21.9. The molecule has 0 aliphatic heterocycles. The van der Waals surface area contributed by atoms with Gasteiger partial charge < -0.3 is 9.42 Å². The fraction of sp³-hybridized carbons (Fsp3) is 0.586. The van der Waals surface area contributed by atoms with E-state index in [1.165, 1.54) is 18.5 Å². The van der Waals surface area contributed by atoms with E-state index in [-0.39, 0.29) is 25.2 Å². The van der Waals surface area contributed by atoms with Crippen LogP contribution in [-0.4, -0.2) is 38.3 Å². The van der Waals surface area contributed by atoms with Gasteiger partial charge >= 0.3 is 0 Å². The van der Waals surface area contributed by atoms with Crippen LogP contribution in [0.25, 0.3) is 11.3 Å². The average molecular weight is 524 g/mol. The minimum atomic E-state index is -2.76. The van der Waals surface area contributed by atoms with Gasteiger partial charge in [0.25, 0.3) is 0 Å². The minimum Gasteiger partial charge on any atom is -0.339 e. The number of amides is 1. The summed E-state index contributed by atoms with van der Waals surface area (Å²) < 4.78 is 35.3. The molecule has 6 rings (SSSR count). The maximum absolute atomic E-state index is 14.0. The smallest absolute Gasteiger partial charge is 0.248 e. The van der Waals surface area contributed by atoms with Crippen molar-refractivity contribution in [2.24, 2.45) is 13.0 Å². The van der Waals surface area contributed by atoms with E-state index in [9.17, 15) is 13.6 Å². The molecule has 3 aromatic rings. The first-order chi connectivity index (χ1) is 18.4. The summed E-state index contributed by atoms with van der Waals surface area (Å²) in [7, 11) is 1.97. The molecule has 3 saturated carbocycles. The van der Waals surface area contributed by atoms with E-state index in [4.69, 9.17) is 9.62 Å². The molecule has 0 N–H and O–H groups in total. The second kappa shape index (κ2) is 10.2. The molecule has 3 fully saturated rings. The summed E-state index contributed by atoms with van der Waals surface area (Å²) in [4.78, 5) is 19.7. The van der Waals surface area contributed by atoms with Gasteiger partial charge in [-0.2, -0.15) is 10.1 Å². The van der Waals surface area contributed by atoms with Crippen molar-refractivity contribution < 1.29 is 18.1 Å². The maximum atomic E-state index is 14.0. The largest absolute Gasteiger partial charge is 0.339 e. The summed E-state index contributed by atoms with van der Waals surface area (Å²) in [5.74, 6) is -1.07. The quantitative estimate of drug-likeness (QED) is 0.272. The number of halogens is 2. The standard InChI is InChI=1S/C29H35F2N5O2/c1-35-25(19-9-10-19)17-24(33-35)21-6-5-7-23(16-21)36(28(37)22-13-14-29(30,31)18-22)15-4-2-3-8-26-32-27(34-38-26)20-11-12-20/h5-7,16-17,19-20,22H,2-4,8-15,18H2,1H3. The first-order valence-electron chi connectivity index (χ1n) is 14.0. The molecule has 38 heavy (non-hydrogen) atoms. The minimum absolute atomic E-state index is 0.204. The van der Waals surface area contributed by atoms with Gasteiger partial charge in [0.15, 0.2) is 5.82 Å². The number of anilines is 1. The Morgan fingerprint density at radius 1 is 1.11 bits per heavy atom. The highest BCUT2D eigenvalue weighted by molar-refractivity contribution is 5.95. The number of aromatic nitrogens is 4. The summed E-state index contributed by atoms with van der Waals surface area (Å²) in [5, 5.41) is 8.78. The molecule has 9 heteroatoms. The first kappa shape index (κ1) is 25.2. The van der Waals surface area contributed by atoms with Gasteiger partial charge in [0, 0.05) is 67.6 Å². The lowest BCUT2D eigenvalue weighted by Gasteiger charge is -2.26. The summed E-state index contributed by atoms with van der Waals surface area (Å²) in [5.41, 5.74) is 3.79. The molecule has 1 aromatic carbocycles. The van der Waals surface area contributed by atoms with E-state index in [1.54, 1.807) is 4.90 Å². The second-order valence-electron chi connectivity index (χ2n) is 11.3. The van der Waals surface area contributed by atoms with Crippen molar-refractivity contribution in [1.29, 1.82) is 0 Å². The normalized spacial score (nSPS) is 20.7. The molecule has 2 aromatic heterocycles. The number of benzene rings is 1. The molecule has 0 bridgehead atoms. The van der Waals surface area contributed by atoms with Gasteiger partial charge in [-0.15, -0.1) is 0 Å². The van der Waals surface area contributed by atoms with Crippen molar-refractivity contribution in [2.45, 2.75) is 88.4 Å². The van der Waals surface area contributed by atoms with Crippen LogP contribution < -0.4 is 4.90 Å². The number of nitrogens with zero attached hydrogens (tertiary/aromatic N) is 5. The summed E-state index contributed by atoms with van der Waals surface area (Å²) in [6.45, 7) is 0.483. The van der Waals surface area contributed by atoms with Crippen molar-refractivity contribution in [3.63, 3.8) is 0 Å². The topological polar surface area (TPSA) is 77.1 Å². The third-order valence-electron chi connectivity index (χ3n) is 8.08. The Hall–Kier alpha value is -3.10. The zero-order chi connectivity index (χ0) is 26.3. The molecular weight excluding hydrogens is 488 g/mol. The van der Waals surface area contributed by atoms with Crippen LogP contribution in [0.5, 0.6) is 0 Å². The highest BCUT2D eigenvalue weighted by Crippen LogP contribution is 2.42. The molecule has 0 saturated heterocycles. The number of carbonyl (C=O) groups is 1. The Morgan fingerprint density at radius 3 is 2.66 bits per heavy atom. The van der Waals surface area contributed by atoms with Crippen molar-refractivity contribution in [2.75, 3.05) is 11.4 Å². The molecule has 202 valence electrons. The number of hydrogen-bond donors (Lipinski definition) is 0. The third-order valence-corrected chi connectivity index (χ3v) is 8.08. The maximum Gasteiger partial charge on any atom is 0.248 e. The number of unbranched alkanes of at least 4 members (excludes halogenated alkanes) is 2. The van der Waals surface area contributed by atoms with Crippen LogP contribution in [0.15, 0.2) is 34.9 Å². The van der Waals surface area contributed by atoms with Crippen molar-refractivity contribution in [3.8, 4) is 11.3 Å². The van der Waals surface area contributed by atoms with Gasteiger partial charge in [-0.3, -0.25) is 9.48 Å². The number of aryl methyl sites for hydroxylation is 2. The second-order valence-corrected chi connectivity index (χ2v) is 11.3. The Bertz CT molecular complexity index is 1290. The van der Waals surface area contributed by atoms with Gasteiger partial charge in [0.1, 0.15) is 0 Å². The molecule has 3 aliphatic rings. The molecular formula is C29H35F2N5O2. The van der Waals surface area contributed by atoms with Gasteiger partial charge in [0.2, 0.25) is 17.7 Å². The van der Waals surface area contributed by atoms with Crippen molar-refractivity contribution in [3.05, 3.63) is 47.7 Å². The summed E-state index contributed by atoms with van der Waals surface area (Å²) >= 11 is 0. The average Bonchev–Trinajstić information content (AvgIpc) is 3.82. The third kappa shape index (κ3) is 5.66. The number of alkyl halides is 2. The molecule has 1 amide bonds. The predicted molar refractivity (Wildman–Crippen MR) is 139 cm³/mol. The molecule has 3 aliphatic carbocycles. The highest BCUT2D eigenvalue weighted by atomic mass is 19.3. The molecule has 7 nitrogen and oxygen atoms in total. The van der Waals surface area contributed by atoms with E-state index in [0.29, 0.717) is 30.7 Å². The van der Waals surface area contributed by atoms with Crippen LogP contribution in [0.3, 0.4) is 0 Å². The van der Waals surface area contributed by atoms with E-state index < -0.39 is 11.8 Å². The molecule has 0 spiro atoms. The summed E-state index contributed by atoms with van der Waals surface area (Å²) in [6.07, 6.45) is 7.52. The Balaban J connectivity index is 1.14. The number of rotatable bonds is 11. The van der Waals surface area contributed by atoms with Gasteiger partial charge in [-0.05, 0) is 63.1 Å². The van der Waals surface area contributed by atoms with E-state index in [1.807, 2.05) is 36.0 Å². The van der Waals surface area contributed by atoms with E-state index in [2.05, 4.69) is 16.2 Å². The Labute approximate surface area is 221 Å². The van der Waals surface area contributed by atoms with E-state index >= 15 is 0 Å². The number of hydrogen-bond acceptors (Lipinski definition) is 5. The fourth-order valence-corrected chi connectivity index (χ4v) is 5.56. The molecule has 2 heterocycles. The lowest BCUT2D eigenvalue weighted by atomic mass is 10.0. The lowest BCUT2D eigenvalue weighted by molar-refractivity contribution is -0.123. The monoisotopic (exact) mass is 523 g/mol. The van der Waals surface area contributed by atoms with Crippen LogP contribution in [0.2, 0.25) is 0 Å². The zero-order valence-electron chi connectivity index (χ0n) is 21.9. The Kier molecular flexibility index (Phi) is 6.78. The molecule has 1 atom stereocenters. The van der Waals surface area contributed by atoms with Crippen LogP contribution in [0.1, 0.15) is 93.5 Å². The molecule has 0 radical (unpaired) electrons. The van der Waals surface area contributed by atoms with Gasteiger partial charge in [0.05, 0.1) is 5.69 Å². The van der Waals surface area contributed by atoms with Crippen LogP contribution in [-0.2, 0) is 18.3 Å². The van der Waals surface area contributed by atoms with Crippen LogP contribution >= 0.6 is 0 Å². The van der Waals surface area contributed by atoms with Gasteiger partial charge in [-0.1, -0.05) is 23.7 Å². The number of carbonyl (C=O) groups excluding carboxylic acids is 1. The fourth-order valence-electron chi connectivity index (χ4n) is 5.56. The highest BCUT2D eigenvalue weighted by Gasteiger charge is 2.44. The first-order valence-corrected chi connectivity index (χ1v) is 14.0. The van der Waals surface area contributed by atoms with E-state index in [0.717, 1.165) is 54.9 Å². The Morgan fingerprint density at radius 2 is 1.92 bits per heavy atom. The van der Waals surface area contributed by atoms with Crippen LogP contribution in [0, 0.1) is 5.92 Å². The predicted octanol–water partition coefficient (Wildman–Crippen LogP) is 6.41. The van der Waals surface area contributed by atoms with Crippen LogP contribution in [0.4, 0.5) is 14.5 Å². The summed E-state index contributed by atoms with van der Waals surface area (Å²) in [6, 6.07) is 9.92. The van der Waals surface area contributed by atoms with Gasteiger partial charge in [-0.25, -0.2) is 8.78 Å². The SMILES string of the molecule is Cn1nc(-c2cccc(N(CCCCCc3nc(C4CC4)no3)C(=O)C3CCC(F)(F)C3)c2)cc1C1CC1. The molecule has 1 unspecified atom stereocenters.